The largest absolute Gasteiger partial charge is 0.409 e. The molecule has 2 atom stereocenters. The van der Waals surface area contributed by atoms with Gasteiger partial charge in [0.15, 0.2) is 5.84 Å². The van der Waals surface area contributed by atoms with Gasteiger partial charge in [-0.25, -0.2) is 0 Å². The zero-order valence-electron chi connectivity index (χ0n) is 9.26. The second kappa shape index (κ2) is 5.92. The molecule has 4 N–H and O–H groups in total. The van der Waals surface area contributed by atoms with E-state index in [1.165, 1.54) is 0 Å². The van der Waals surface area contributed by atoms with Crippen molar-refractivity contribution in [2.75, 3.05) is 19.6 Å². The maximum Gasteiger partial charge on any atom is 0.153 e. The highest BCUT2D eigenvalue weighted by atomic mass is 16.4. The molecule has 1 heterocycles. The first-order valence-corrected chi connectivity index (χ1v) is 5.54. The number of piperidine rings is 1. The molecule has 0 bridgehead atoms. The molecule has 0 spiro atoms. The molecule has 1 aliphatic heterocycles. The van der Waals surface area contributed by atoms with Crippen molar-refractivity contribution in [3.8, 4) is 0 Å². The van der Waals surface area contributed by atoms with Gasteiger partial charge < -0.3 is 16.0 Å². The quantitative estimate of drug-likeness (QED) is 0.271. The van der Waals surface area contributed by atoms with Crippen molar-refractivity contribution in [3.63, 3.8) is 0 Å². The number of nitrogens with two attached hydrogens (primary N) is 1. The van der Waals surface area contributed by atoms with Gasteiger partial charge in [0.2, 0.25) is 0 Å². The van der Waals surface area contributed by atoms with Crippen LogP contribution < -0.4 is 5.73 Å². The lowest BCUT2D eigenvalue weighted by atomic mass is 9.91. The zero-order valence-corrected chi connectivity index (χ0v) is 9.26. The fourth-order valence-electron chi connectivity index (χ4n) is 2.15. The average Bonchev–Trinajstić information content (AvgIpc) is 2.23. The summed E-state index contributed by atoms with van der Waals surface area (Å²) in [7, 11) is 0. The van der Waals surface area contributed by atoms with Crippen molar-refractivity contribution >= 4 is 5.84 Å². The fraction of sp³-hybridized carbons (Fsp3) is 0.900. The van der Waals surface area contributed by atoms with Gasteiger partial charge in [0.05, 0.1) is 12.6 Å². The van der Waals surface area contributed by atoms with Crippen LogP contribution in [0.25, 0.3) is 0 Å². The van der Waals surface area contributed by atoms with Crippen LogP contribution in [0.15, 0.2) is 5.16 Å². The SMILES string of the molecule is CCC[C@H]1CN(CC(N)=NO)CC[C@H]1O. The van der Waals surface area contributed by atoms with E-state index in [0.29, 0.717) is 12.5 Å². The van der Waals surface area contributed by atoms with Gasteiger partial charge >= 0.3 is 0 Å². The molecule has 1 saturated heterocycles. The van der Waals surface area contributed by atoms with Gasteiger partial charge in [-0.15, -0.1) is 0 Å². The molecule has 0 amide bonds. The highest BCUT2D eigenvalue weighted by Crippen LogP contribution is 2.21. The van der Waals surface area contributed by atoms with E-state index < -0.39 is 0 Å². The van der Waals surface area contributed by atoms with Crippen LogP contribution in [0.5, 0.6) is 0 Å². The Kier molecular flexibility index (Phi) is 4.84. The van der Waals surface area contributed by atoms with Crippen molar-refractivity contribution < 1.29 is 10.3 Å². The molecule has 1 aliphatic rings. The van der Waals surface area contributed by atoms with Crippen LogP contribution in [-0.2, 0) is 0 Å². The summed E-state index contributed by atoms with van der Waals surface area (Å²) in [4.78, 5) is 2.13. The standard InChI is InChI=1S/C10H21N3O2/c1-2-3-8-6-13(5-4-9(8)14)7-10(11)12-15/h8-9,14-15H,2-7H2,1H3,(H2,11,12)/t8-,9+/m0/s1. The van der Waals surface area contributed by atoms with Gasteiger partial charge in [-0.05, 0) is 18.8 Å². The number of nitrogens with zero attached hydrogens (tertiary/aromatic N) is 2. The number of rotatable bonds is 4. The van der Waals surface area contributed by atoms with Gasteiger partial charge in [-0.1, -0.05) is 18.5 Å². The molecular weight excluding hydrogens is 194 g/mol. The van der Waals surface area contributed by atoms with Crippen molar-refractivity contribution in [2.45, 2.75) is 32.3 Å². The minimum Gasteiger partial charge on any atom is -0.409 e. The third-order valence-electron chi connectivity index (χ3n) is 2.95. The number of aliphatic hydroxyl groups is 1. The molecule has 0 aliphatic carbocycles. The molecule has 0 aromatic carbocycles. The summed E-state index contributed by atoms with van der Waals surface area (Å²) < 4.78 is 0. The van der Waals surface area contributed by atoms with Crippen LogP contribution in [0.2, 0.25) is 0 Å². The topological polar surface area (TPSA) is 82.1 Å². The number of likely N-dealkylation sites (tertiary alicyclic amines) is 1. The Morgan fingerprint density at radius 2 is 2.33 bits per heavy atom. The Morgan fingerprint density at radius 3 is 2.93 bits per heavy atom. The summed E-state index contributed by atoms with van der Waals surface area (Å²) in [6.45, 7) is 4.27. The van der Waals surface area contributed by atoms with E-state index >= 15 is 0 Å². The van der Waals surface area contributed by atoms with Gasteiger partial charge in [0.1, 0.15) is 0 Å². The normalized spacial score (nSPS) is 29.3. The molecule has 0 aromatic heterocycles. The Labute approximate surface area is 90.6 Å². The number of hydrogen-bond acceptors (Lipinski definition) is 4. The first kappa shape index (κ1) is 12.3. The predicted octanol–water partition coefficient (Wildman–Crippen LogP) is 0.216. The Hall–Kier alpha value is -0.810. The van der Waals surface area contributed by atoms with Crippen LogP contribution in [-0.4, -0.2) is 46.8 Å². The summed E-state index contributed by atoms with van der Waals surface area (Å²) in [5, 5.41) is 21.2. The maximum absolute atomic E-state index is 9.77. The van der Waals surface area contributed by atoms with Gasteiger partial charge in [-0.2, -0.15) is 0 Å². The maximum atomic E-state index is 9.77. The van der Waals surface area contributed by atoms with Gasteiger partial charge in [0.25, 0.3) is 0 Å². The third-order valence-corrected chi connectivity index (χ3v) is 2.95. The highest BCUT2D eigenvalue weighted by Gasteiger charge is 2.27. The Morgan fingerprint density at radius 1 is 1.60 bits per heavy atom. The molecule has 0 saturated carbocycles. The van der Waals surface area contributed by atoms with Crippen molar-refractivity contribution in [1.82, 2.24) is 4.90 Å². The lowest BCUT2D eigenvalue weighted by Gasteiger charge is -2.35. The minimum absolute atomic E-state index is 0.187. The van der Waals surface area contributed by atoms with E-state index in [0.717, 1.165) is 32.4 Å². The summed E-state index contributed by atoms with van der Waals surface area (Å²) in [5.41, 5.74) is 5.45. The molecule has 1 rings (SSSR count). The summed E-state index contributed by atoms with van der Waals surface area (Å²) in [6, 6.07) is 0. The molecule has 0 aromatic rings. The molecule has 0 unspecified atom stereocenters. The molecule has 15 heavy (non-hydrogen) atoms. The fourth-order valence-corrected chi connectivity index (χ4v) is 2.15. The molecule has 1 fully saturated rings. The van der Waals surface area contributed by atoms with Crippen LogP contribution in [0, 0.1) is 5.92 Å². The van der Waals surface area contributed by atoms with E-state index in [4.69, 9.17) is 10.9 Å². The Balaban J connectivity index is 2.42. The van der Waals surface area contributed by atoms with Crippen molar-refractivity contribution in [1.29, 1.82) is 0 Å². The molecular formula is C10H21N3O2. The first-order valence-electron chi connectivity index (χ1n) is 5.54. The lowest BCUT2D eigenvalue weighted by Crippen LogP contribution is -2.46. The monoisotopic (exact) mass is 215 g/mol. The highest BCUT2D eigenvalue weighted by molar-refractivity contribution is 5.81. The number of aliphatic hydroxyl groups excluding tert-OH is 1. The van der Waals surface area contributed by atoms with Crippen LogP contribution >= 0.6 is 0 Å². The molecule has 5 nitrogen and oxygen atoms in total. The second-order valence-electron chi connectivity index (χ2n) is 4.23. The van der Waals surface area contributed by atoms with E-state index in [2.05, 4.69) is 17.0 Å². The van der Waals surface area contributed by atoms with E-state index in [1.807, 2.05) is 0 Å². The van der Waals surface area contributed by atoms with Gasteiger partial charge in [-0.3, -0.25) is 4.90 Å². The van der Waals surface area contributed by atoms with Crippen LogP contribution in [0.4, 0.5) is 0 Å². The second-order valence-corrected chi connectivity index (χ2v) is 4.23. The van der Waals surface area contributed by atoms with Gasteiger partial charge in [0, 0.05) is 13.1 Å². The minimum atomic E-state index is -0.187. The average molecular weight is 215 g/mol. The Bertz CT molecular complexity index is 221. The summed E-state index contributed by atoms with van der Waals surface area (Å²) >= 11 is 0. The first-order chi connectivity index (χ1) is 7.17. The number of oxime groups is 1. The number of hydrogen-bond donors (Lipinski definition) is 3. The van der Waals surface area contributed by atoms with E-state index in [9.17, 15) is 5.11 Å². The van der Waals surface area contributed by atoms with E-state index in [-0.39, 0.29) is 11.9 Å². The van der Waals surface area contributed by atoms with E-state index in [1.54, 1.807) is 0 Å². The van der Waals surface area contributed by atoms with Crippen LogP contribution in [0.1, 0.15) is 26.2 Å². The summed E-state index contributed by atoms with van der Waals surface area (Å²) in [5.74, 6) is 0.567. The molecule has 88 valence electrons. The molecule has 5 heteroatoms. The predicted molar refractivity (Wildman–Crippen MR) is 58.9 cm³/mol. The molecule has 0 radical (unpaired) electrons. The summed E-state index contributed by atoms with van der Waals surface area (Å²) in [6.07, 6.45) is 2.71. The number of amidine groups is 1. The van der Waals surface area contributed by atoms with Crippen molar-refractivity contribution in [3.05, 3.63) is 0 Å². The smallest absolute Gasteiger partial charge is 0.153 e. The van der Waals surface area contributed by atoms with Crippen molar-refractivity contribution in [2.24, 2.45) is 16.8 Å². The zero-order chi connectivity index (χ0) is 11.3. The van der Waals surface area contributed by atoms with Crippen LogP contribution in [0.3, 0.4) is 0 Å². The third kappa shape index (κ3) is 3.68. The lowest BCUT2D eigenvalue weighted by molar-refractivity contribution is 0.0280.